The van der Waals surface area contributed by atoms with E-state index in [0.717, 1.165) is 24.8 Å². The van der Waals surface area contributed by atoms with Crippen LogP contribution in [0, 0.1) is 5.41 Å². The number of rotatable bonds is 5. The first-order valence-electron chi connectivity index (χ1n) is 9.26. The van der Waals surface area contributed by atoms with Crippen molar-refractivity contribution in [3.05, 3.63) is 59.2 Å². The number of hydrogen-bond acceptors (Lipinski definition) is 2. The van der Waals surface area contributed by atoms with E-state index in [1.807, 2.05) is 27.7 Å². The fourth-order valence-corrected chi connectivity index (χ4v) is 3.43. The van der Waals surface area contributed by atoms with Crippen LogP contribution in [0.15, 0.2) is 42.5 Å². The molecule has 2 aromatic rings. The van der Waals surface area contributed by atoms with E-state index in [1.54, 1.807) is 0 Å². The van der Waals surface area contributed by atoms with Crippen LogP contribution in [-0.2, 0) is 21.6 Å². The molecule has 25 heavy (non-hydrogen) atoms. The highest BCUT2D eigenvalue weighted by Crippen LogP contribution is 2.45. The predicted octanol–water partition coefficient (Wildman–Crippen LogP) is 5.86. The molecule has 3 rings (SSSR count). The van der Waals surface area contributed by atoms with Crippen LogP contribution in [0.3, 0.4) is 0 Å². The van der Waals surface area contributed by atoms with E-state index < -0.39 is 11.0 Å². The van der Waals surface area contributed by atoms with Gasteiger partial charge in [0.25, 0.3) is 0 Å². The Hall–Kier alpha value is -2.09. The zero-order chi connectivity index (χ0) is 18.2. The number of hydrogen-bond donors (Lipinski definition) is 0. The van der Waals surface area contributed by atoms with Gasteiger partial charge < -0.3 is 4.74 Å². The van der Waals surface area contributed by atoms with Crippen molar-refractivity contribution in [2.75, 3.05) is 0 Å². The van der Waals surface area contributed by atoms with Crippen LogP contribution in [0.4, 0.5) is 0 Å². The van der Waals surface area contributed by atoms with Gasteiger partial charge in [0.2, 0.25) is 0 Å². The lowest BCUT2D eigenvalue weighted by Gasteiger charge is -2.34. The third-order valence-corrected chi connectivity index (χ3v) is 5.82. The summed E-state index contributed by atoms with van der Waals surface area (Å²) in [6, 6.07) is 14.9. The summed E-state index contributed by atoms with van der Waals surface area (Å²) in [7, 11) is 0. The Bertz CT molecular complexity index is 803. The van der Waals surface area contributed by atoms with Gasteiger partial charge in [0.1, 0.15) is 5.60 Å². The van der Waals surface area contributed by atoms with Gasteiger partial charge in [-0.1, -0.05) is 56.3 Å². The Morgan fingerprint density at radius 3 is 2.32 bits per heavy atom. The van der Waals surface area contributed by atoms with E-state index in [9.17, 15) is 4.79 Å². The molecule has 0 radical (unpaired) electrons. The molecule has 1 aliphatic carbocycles. The molecule has 0 bridgehead atoms. The van der Waals surface area contributed by atoms with E-state index in [0.29, 0.717) is 0 Å². The van der Waals surface area contributed by atoms with Crippen LogP contribution in [-0.4, -0.2) is 5.97 Å². The summed E-state index contributed by atoms with van der Waals surface area (Å²) < 4.78 is 6.13. The summed E-state index contributed by atoms with van der Waals surface area (Å²) in [5.41, 5.74) is 5.24. The summed E-state index contributed by atoms with van der Waals surface area (Å²) >= 11 is 0. The first-order chi connectivity index (χ1) is 11.8. The molecule has 0 heterocycles. The zero-order valence-corrected chi connectivity index (χ0v) is 16.0. The highest BCUT2D eigenvalue weighted by Gasteiger charge is 2.38. The Kier molecular flexibility index (Phi) is 4.49. The highest BCUT2D eigenvalue weighted by molar-refractivity contribution is 5.81. The lowest BCUT2D eigenvalue weighted by molar-refractivity contribution is -0.170. The Morgan fingerprint density at radius 1 is 0.960 bits per heavy atom. The molecule has 2 aromatic carbocycles. The third kappa shape index (κ3) is 2.99. The van der Waals surface area contributed by atoms with Gasteiger partial charge in [0, 0.05) is 5.56 Å². The van der Waals surface area contributed by atoms with Gasteiger partial charge in [-0.25, -0.2) is 0 Å². The number of ether oxygens (including phenoxy) is 1. The van der Waals surface area contributed by atoms with Crippen molar-refractivity contribution in [3.8, 4) is 11.1 Å². The summed E-state index contributed by atoms with van der Waals surface area (Å²) in [4.78, 5) is 12.8. The molecule has 0 aromatic heterocycles. The second kappa shape index (κ2) is 6.33. The minimum Gasteiger partial charge on any atom is -0.454 e. The summed E-state index contributed by atoms with van der Waals surface area (Å²) in [5.74, 6) is -0.122. The average molecular weight is 336 g/mol. The maximum Gasteiger partial charge on any atom is 0.312 e. The van der Waals surface area contributed by atoms with Crippen molar-refractivity contribution >= 4 is 5.97 Å². The van der Waals surface area contributed by atoms with Crippen molar-refractivity contribution in [1.82, 2.24) is 0 Å². The van der Waals surface area contributed by atoms with Gasteiger partial charge in [-0.2, -0.15) is 0 Å². The monoisotopic (exact) mass is 336 g/mol. The maximum absolute atomic E-state index is 12.8. The molecule has 2 heteroatoms. The highest BCUT2D eigenvalue weighted by atomic mass is 16.6. The molecule has 0 aliphatic heterocycles. The van der Waals surface area contributed by atoms with Gasteiger partial charge in [-0.3, -0.25) is 4.79 Å². The third-order valence-electron chi connectivity index (χ3n) is 5.82. The standard InChI is InChI=1S/C23H28O2/c1-6-22(3,4)21(24)25-23(5,7-2)19-14-10-12-17-15-16-11-8-9-13-18(16)20(17)19/h8-14H,6-7,15H2,1-5H3. The fraction of sp³-hybridized carbons (Fsp3) is 0.435. The molecule has 0 spiro atoms. The molecular weight excluding hydrogens is 308 g/mol. The van der Waals surface area contributed by atoms with Crippen LogP contribution in [0.5, 0.6) is 0 Å². The van der Waals surface area contributed by atoms with Crippen LogP contribution >= 0.6 is 0 Å². The zero-order valence-electron chi connectivity index (χ0n) is 16.0. The van der Waals surface area contributed by atoms with Crippen LogP contribution in [0.25, 0.3) is 11.1 Å². The lowest BCUT2D eigenvalue weighted by Crippen LogP contribution is -2.35. The quantitative estimate of drug-likeness (QED) is 0.545. The minimum atomic E-state index is -0.619. The van der Waals surface area contributed by atoms with Crippen LogP contribution in [0.1, 0.15) is 64.2 Å². The van der Waals surface area contributed by atoms with Crippen molar-refractivity contribution in [1.29, 1.82) is 0 Å². The number of esters is 1. The second-order valence-corrected chi connectivity index (χ2v) is 7.88. The van der Waals surface area contributed by atoms with Gasteiger partial charge in [0.05, 0.1) is 5.41 Å². The molecule has 0 saturated heterocycles. The smallest absolute Gasteiger partial charge is 0.312 e. The Morgan fingerprint density at radius 2 is 1.64 bits per heavy atom. The van der Waals surface area contributed by atoms with Gasteiger partial charge in [-0.05, 0) is 62.3 Å². The maximum atomic E-state index is 12.8. The van der Waals surface area contributed by atoms with Crippen molar-refractivity contribution in [3.63, 3.8) is 0 Å². The summed E-state index contributed by atoms with van der Waals surface area (Å²) in [6.45, 7) is 10.1. The van der Waals surface area contributed by atoms with E-state index in [2.05, 4.69) is 49.4 Å². The first-order valence-corrected chi connectivity index (χ1v) is 9.26. The largest absolute Gasteiger partial charge is 0.454 e. The van der Waals surface area contributed by atoms with E-state index in [-0.39, 0.29) is 5.97 Å². The molecule has 0 amide bonds. The molecule has 0 fully saturated rings. The van der Waals surface area contributed by atoms with E-state index >= 15 is 0 Å². The molecule has 1 aliphatic rings. The number of carbonyl (C=O) groups is 1. The van der Waals surface area contributed by atoms with E-state index in [4.69, 9.17) is 4.74 Å². The SMILES string of the molecule is CCC(C)(C)C(=O)OC(C)(CC)c1cccc2c1-c1ccccc1C2. The number of fused-ring (bicyclic) bond motifs is 3. The number of benzene rings is 2. The summed E-state index contributed by atoms with van der Waals surface area (Å²) in [6.07, 6.45) is 2.46. The number of carbonyl (C=O) groups excluding carboxylic acids is 1. The first kappa shape index (κ1) is 17.7. The van der Waals surface area contributed by atoms with Gasteiger partial charge in [0.15, 0.2) is 0 Å². The molecule has 0 saturated carbocycles. The van der Waals surface area contributed by atoms with Crippen molar-refractivity contribution < 1.29 is 9.53 Å². The Labute approximate surface area is 151 Å². The van der Waals surface area contributed by atoms with Gasteiger partial charge >= 0.3 is 5.97 Å². The lowest BCUT2D eigenvalue weighted by atomic mass is 9.84. The van der Waals surface area contributed by atoms with Crippen molar-refractivity contribution in [2.24, 2.45) is 5.41 Å². The topological polar surface area (TPSA) is 26.3 Å². The van der Waals surface area contributed by atoms with Crippen LogP contribution in [0.2, 0.25) is 0 Å². The van der Waals surface area contributed by atoms with Crippen LogP contribution < -0.4 is 0 Å². The van der Waals surface area contributed by atoms with Gasteiger partial charge in [-0.15, -0.1) is 0 Å². The molecule has 0 N–H and O–H groups in total. The average Bonchev–Trinajstić information content (AvgIpc) is 3.00. The summed E-state index contributed by atoms with van der Waals surface area (Å²) in [5, 5.41) is 0. The Balaban J connectivity index is 2.07. The predicted molar refractivity (Wildman–Crippen MR) is 102 cm³/mol. The second-order valence-electron chi connectivity index (χ2n) is 7.88. The normalized spacial score (nSPS) is 15.2. The molecule has 1 atom stereocenters. The fourth-order valence-electron chi connectivity index (χ4n) is 3.43. The molecular formula is C23H28O2. The molecule has 2 nitrogen and oxygen atoms in total. The van der Waals surface area contributed by atoms with Crippen molar-refractivity contribution in [2.45, 2.75) is 59.5 Å². The van der Waals surface area contributed by atoms with E-state index in [1.165, 1.54) is 22.3 Å². The molecule has 132 valence electrons. The molecule has 1 unspecified atom stereocenters. The minimum absolute atomic E-state index is 0.122.